The van der Waals surface area contributed by atoms with Crippen molar-refractivity contribution in [3.8, 4) is 0 Å². The quantitative estimate of drug-likeness (QED) is 0.614. The number of nitrogens with one attached hydrogen (secondary N) is 2. The van der Waals surface area contributed by atoms with Crippen molar-refractivity contribution in [3.05, 3.63) is 54.2 Å². The van der Waals surface area contributed by atoms with Crippen molar-refractivity contribution in [1.29, 1.82) is 0 Å². The standard InChI is InChI=1S/C21H28N6O/c1-17-8-9-19(24-16-17)25-20(28)10-11-23-21(22-2)27-14-12-26(13-15-27)18-6-4-3-5-7-18/h3-9,16H,10-15H2,1-2H3,(H,22,23)(H,24,25,28). The molecule has 0 spiro atoms. The van der Waals surface area contributed by atoms with Crippen LogP contribution in [0.4, 0.5) is 11.5 Å². The SMILES string of the molecule is CN=C(NCCC(=O)Nc1ccc(C)cn1)N1CCN(c2ccccc2)CC1. The number of pyridine rings is 1. The number of aromatic nitrogens is 1. The summed E-state index contributed by atoms with van der Waals surface area (Å²) in [6, 6.07) is 14.2. The van der Waals surface area contributed by atoms with Crippen LogP contribution in [-0.4, -0.2) is 61.5 Å². The Morgan fingerprint density at radius 1 is 1.11 bits per heavy atom. The maximum absolute atomic E-state index is 12.1. The number of benzene rings is 1. The number of guanidine groups is 1. The minimum absolute atomic E-state index is 0.0618. The van der Waals surface area contributed by atoms with Crippen molar-refractivity contribution in [2.24, 2.45) is 4.99 Å². The van der Waals surface area contributed by atoms with Gasteiger partial charge in [-0.2, -0.15) is 0 Å². The van der Waals surface area contributed by atoms with E-state index >= 15 is 0 Å². The monoisotopic (exact) mass is 380 g/mol. The van der Waals surface area contributed by atoms with Gasteiger partial charge in [-0.3, -0.25) is 9.79 Å². The fourth-order valence-corrected chi connectivity index (χ4v) is 3.18. The number of rotatable bonds is 5. The molecule has 2 N–H and O–H groups in total. The number of hydrogen-bond acceptors (Lipinski definition) is 4. The number of carbonyl (C=O) groups is 1. The normalized spacial score (nSPS) is 14.7. The van der Waals surface area contributed by atoms with Crippen LogP contribution in [0, 0.1) is 6.92 Å². The highest BCUT2D eigenvalue weighted by molar-refractivity contribution is 5.90. The van der Waals surface area contributed by atoms with Gasteiger partial charge in [-0.15, -0.1) is 0 Å². The topological polar surface area (TPSA) is 72.9 Å². The van der Waals surface area contributed by atoms with Gasteiger partial charge in [0.15, 0.2) is 5.96 Å². The van der Waals surface area contributed by atoms with Gasteiger partial charge in [-0.05, 0) is 30.7 Å². The van der Waals surface area contributed by atoms with E-state index in [4.69, 9.17) is 0 Å². The predicted octanol–water partition coefficient (Wildman–Crippen LogP) is 2.12. The van der Waals surface area contributed by atoms with Crippen molar-refractivity contribution in [1.82, 2.24) is 15.2 Å². The van der Waals surface area contributed by atoms with E-state index in [0.29, 0.717) is 18.8 Å². The van der Waals surface area contributed by atoms with E-state index in [1.54, 1.807) is 13.2 Å². The Labute approximate surface area is 166 Å². The molecule has 0 bridgehead atoms. The highest BCUT2D eigenvalue weighted by atomic mass is 16.1. The molecule has 1 fully saturated rings. The maximum atomic E-state index is 12.1. The summed E-state index contributed by atoms with van der Waals surface area (Å²) in [6.07, 6.45) is 2.10. The number of piperazine rings is 1. The number of anilines is 2. The summed E-state index contributed by atoms with van der Waals surface area (Å²) in [5.74, 6) is 1.36. The minimum Gasteiger partial charge on any atom is -0.368 e. The van der Waals surface area contributed by atoms with Crippen LogP contribution in [0.25, 0.3) is 0 Å². The molecule has 7 heteroatoms. The summed E-state index contributed by atoms with van der Waals surface area (Å²) in [5.41, 5.74) is 2.32. The molecule has 2 aromatic rings. The van der Waals surface area contributed by atoms with Crippen molar-refractivity contribution >= 4 is 23.4 Å². The van der Waals surface area contributed by atoms with Crippen LogP contribution < -0.4 is 15.5 Å². The molecular weight excluding hydrogens is 352 g/mol. The van der Waals surface area contributed by atoms with Crippen LogP contribution in [0.1, 0.15) is 12.0 Å². The third kappa shape index (κ3) is 5.45. The third-order valence-corrected chi connectivity index (χ3v) is 4.73. The molecule has 1 saturated heterocycles. The molecular formula is C21H28N6O. The van der Waals surface area contributed by atoms with Gasteiger partial charge in [0.05, 0.1) is 0 Å². The molecule has 7 nitrogen and oxygen atoms in total. The van der Waals surface area contributed by atoms with E-state index in [1.165, 1.54) is 5.69 Å². The molecule has 0 unspecified atom stereocenters. The predicted molar refractivity (Wildman–Crippen MR) is 114 cm³/mol. The zero-order chi connectivity index (χ0) is 19.8. The summed E-state index contributed by atoms with van der Waals surface area (Å²) in [4.78, 5) is 25.3. The smallest absolute Gasteiger partial charge is 0.227 e. The molecule has 3 rings (SSSR count). The molecule has 0 atom stereocenters. The lowest BCUT2D eigenvalue weighted by Crippen LogP contribution is -2.52. The largest absolute Gasteiger partial charge is 0.368 e. The number of hydrogen-bond donors (Lipinski definition) is 2. The average Bonchev–Trinajstić information content (AvgIpc) is 2.74. The summed E-state index contributed by atoms with van der Waals surface area (Å²) < 4.78 is 0. The van der Waals surface area contributed by atoms with Crippen molar-refractivity contribution < 1.29 is 4.79 Å². The Hall–Kier alpha value is -3.09. The second-order valence-electron chi connectivity index (χ2n) is 6.80. The molecule has 1 aliphatic rings. The Kier molecular flexibility index (Phi) is 6.84. The van der Waals surface area contributed by atoms with E-state index in [1.807, 2.05) is 25.1 Å². The number of nitrogens with zero attached hydrogens (tertiary/aromatic N) is 4. The van der Waals surface area contributed by atoms with Gasteiger partial charge in [-0.1, -0.05) is 24.3 Å². The molecule has 1 amide bonds. The molecule has 1 aliphatic heterocycles. The van der Waals surface area contributed by atoms with Gasteiger partial charge in [0, 0.05) is 58.1 Å². The van der Waals surface area contributed by atoms with Crippen LogP contribution in [0.2, 0.25) is 0 Å². The molecule has 28 heavy (non-hydrogen) atoms. The summed E-state index contributed by atoms with van der Waals surface area (Å²) in [6.45, 7) is 6.19. The van der Waals surface area contributed by atoms with Gasteiger partial charge in [0.1, 0.15) is 5.82 Å². The molecule has 0 saturated carbocycles. The second-order valence-corrected chi connectivity index (χ2v) is 6.80. The van der Waals surface area contributed by atoms with Gasteiger partial charge in [0.2, 0.25) is 5.91 Å². The van der Waals surface area contributed by atoms with Gasteiger partial charge >= 0.3 is 0 Å². The highest BCUT2D eigenvalue weighted by Crippen LogP contribution is 2.15. The summed E-state index contributed by atoms with van der Waals surface area (Å²) >= 11 is 0. The summed E-state index contributed by atoms with van der Waals surface area (Å²) in [7, 11) is 1.78. The number of amides is 1. The third-order valence-electron chi connectivity index (χ3n) is 4.73. The second kappa shape index (κ2) is 9.73. The molecule has 0 aliphatic carbocycles. The molecule has 148 valence electrons. The van der Waals surface area contributed by atoms with Crippen LogP contribution in [0.15, 0.2) is 53.7 Å². The van der Waals surface area contributed by atoms with Gasteiger partial charge in [-0.25, -0.2) is 4.98 Å². The van der Waals surface area contributed by atoms with Crippen LogP contribution in [-0.2, 0) is 4.79 Å². The van der Waals surface area contributed by atoms with E-state index < -0.39 is 0 Å². The van der Waals surface area contributed by atoms with E-state index in [2.05, 4.69) is 54.7 Å². The van der Waals surface area contributed by atoms with E-state index in [-0.39, 0.29) is 5.91 Å². The first-order valence-electron chi connectivity index (χ1n) is 9.64. The first-order chi connectivity index (χ1) is 13.7. The summed E-state index contributed by atoms with van der Waals surface area (Å²) in [5, 5.41) is 6.11. The lowest BCUT2D eigenvalue weighted by molar-refractivity contribution is -0.116. The molecule has 2 heterocycles. The van der Waals surface area contributed by atoms with Crippen molar-refractivity contribution in [2.75, 3.05) is 50.0 Å². The van der Waals surface area contributed by atoms with E-state index in [0.717, 1.165) is 37.7 Å². The van der Waals surface area contributed by atoms with Crippen LogP contribution in [0.5, 0.6) is 0 Å². The van der Waals surface area contributed by atoms with Gasteiger partial charge in [0.25, 0.3) is 0 Å². The zero-order valence-electron chi connectivity index (χ0n) is 16.6. The van der Waals surface area contributed by atoms with Crippen LogP contribution in [0.3, 0.4) is 0 Å². The fraction of sp³-hybridized carbons (Fsp3) is 0.381. The van der Waals surface area contributed by atoms with Crippen molar-refractivity contribution in [3.63, 3.8) is 0 Å². The fourth-order valence-electron chi connectivity index (χ4n) is 3.18. The highest BCUT2D eigenvalue weighted by Gasteiger charge is 2.19. The Balaban J connectivity index is 1.41. The zero-order valence-corrected chi connectivity index (χ0v) is 16.6. The number of carbonyl (C=O) groups excluding carboxylic acids is 1. The van der Waals surface area contributed by atoms with Crippen LogP contribution >= 0.6 is 0 Å². The van der Waals surface area contributed by atoms with E-state index in [9.17, 15) is 4.79 Å². The van der Waals surface area contributed by atoms with Crippen molar-refractivity contribution in [2.45, 2.75) is 13.3 Å². The molecule has 0 radical (unpaired) electrons. The lowest BCUT2D eigenvalue weighted by atomic mass is 10.2. The Bertz CT molecular complexity index is 782. The lowest BCUT2D eigenvalue weighted by Gasteiger charge is -2.37. The number of aryl methyl sites for hydroxylation is 1. The Morgan fingerprint density at radius 3 is 2.50 bits per heavy atom. The first-order valence-corrected chi connectivity index (χ1v) is 9.64. The Morgan fingerprint density at radius 2 is 1.86 bits per heavy atom. The average molecular weight is 380 g/mol. The number of aliphatic imine (C=N–C) groups is 1. The number of para-hydroxylation sites is 1. The maximum Gasteiger partial charge on any atom is 0.227 e. The molecule has 1 aromatic heterocycles. The van der Waals surface area contributed by atoms with Gasteiger partial charge < -0.3 is 20.4 Å². The molecule has 1 aromatic carbocycles. The minimum atomic E-state index is -0.0618. The first kappa shape index (κ1) is 19.7.